The van der Waals surface area contributed by atoms with E-state index < -0.39 is 23.3 Å². The maximum atomic E-state index is 13.3. The third-order valence-electron chi connectivity index (χ3n) is 2.17. The summed E-state index contributed by atoms with van der Waals surface area (Å²) in [6.07, 6.45) is 0. The second-order valence-electron chi connectivity index (χ2n) is 3.23. The van der Waals surface area contributed by atoms with Crippen molar-refractivity contribution >= 4 is 0 Å². The fraction of sp³-hybridized carbons (Fsp3) is 0. The smallest absolute Gasteiger partial charge is 0.166 e. The molecule has 0 radical (unpaired) electrons. The second kappa shape index (κ2) is 3.96. The highest BCUT2D eigenvalue weighted by Gasteiger charge is 2.13. The number of halogens is 4. The van der Waals surface area contributed by atoms with E-state index in [1.165, 1.54) is 12.1 Å². The molecule has 0 atom stereocenters. The summed E-state index contributed by atoms with van der Waals surface area (Å²) >= 11 is 0. The van der Waals surface area contributed by atoms with Crippen molar-refractivity contribution in [2.75, 3.05) is 0 Å². The Kier molecular flexibility index (Phi) is 2.64. The van der Waals surface area contributed by atoms with Crippen LogP contribution < -0.4 is 0 Å². The molecule has 2 rings (SSSR count). The number of hydrogen-bond acceptors (Lipinski definition) is 0. The zero-order valence-corrected chi connectivity index (χ0v) is 7.98. The Morgan fingerprint density at radius 2 is 1.44 bits per heavy atom. The van der Waals surface area contributed by atoms with Crippen LogP contribution in [-0.4, -0.2) is 0 Å². The van der Waals surface area contributed by atoms with Crippen LogP contribution in [0.15, 0.2) is 36.4 Å². The van der Waals surface area contributed by atoms with E-state index in [1.54, 1.807) is 0 Å². The largest absolute Gasteiger partial charge is 0.207 e. The number of hydrogen-bond donors (Lipinski definition) is 0. The highest BCUT2D eigenvalue weighted by Crippen LogP contribution is 2.27. The molecule has 2 aromatic carbocycles. The van der Waals surface area contributed by atoms with Gasteiger partial charge in [-0.15, -0.1) is 0 Å². The first kappa shape index (κ1) is 10.7. The zero-order valence-electron chi connectivity index (χ0n) is 7.98. The van der Waals surface area contributed by atoms with Gasteiger partial charge in [0, 0.05) is 17.2 Å². The van der Waals surface area contributed by atoms with E-state index in [4.69, 9.17) is 0 Å². The lowest BCUT2D eigenvalue weighted by atomic mass is 10.0. The topological polar surface area (TPSA) is 0 Å². The Balaban J connectivity index is 2.63. The average Bonchev–Trinajstić information content (AvgIpc) is 2.23. The first-order valence-corrected chi connectivity index (χ1v) is 4.49. The molecule has 0 amide bonds. The summed E-state index contributed by atoms with van der Waals surface area (Å²) in [7, 11) is 0. The van der Waals surface area contributed by atoms with Crippen molar-refractivity contribution in [3.8, 4) is 11.1 Å². The van der Waals surface area contributed by atoms with Gasteiger partial charge in [-0.1, -0.05) is 12.1 Å². The molecule has 0 unspecified atom stereocenters. The summed E-state index contributed by atoms with van der Waals surface area (Å²) in [5.74, 6) is -3.91. The van der Waals surface area contributed by atoms with Crippen molar-refractivity contribution < 1.29 is 17.6 Å². The molecule has 0 nitrogen and oxygen atoms in total. The summed E-state index contributed by atoms with van der Waals surface area (Å²) in [6.45, 7) is 0. The van der Waals surface area contributed by atoms with Gasteiger partial charge < -0.3 is 0 Å². The van der Waals surface area contributed by atoms with E-state index in [0.29, 0.717) is 6.07 Å². The molecular weight excluding hydrogens is 220 g/mol. The van der Waals surface area contributed by atoms with E-state index in [1.807, 2.05) is 0 Å². The normalized spacial score (nSPS) is 10.5. The molecule has 0 aliphatic rings. The fourth-order valence-corrected chi connectivity index (χ4v) is 1.42. The molecular formula is C12H6F4. The Bertz CT molecular complexity index is 535. The van der Waals surface area contributed by atoms with Gasteiger partial charge in [0.25, 0.3) is 0 Å². The predicted molar refractivity (Wildman–Crippen MR) is 51.7 cm³/mol. The molecule has 16 heavy (non-hydrogen) atoms. The molecule has 0 spiro atoms. The van der Waals surface area contributed by atoms with Gasteiger partial charge in [0.1, 0.15) is 11.6 Å². The SMILES string of the molecule is Fc1ccc(-c2cccc(F)c2F)c(F)c1. The van der Waals surface area contributed by atoms with E-state index in [2.05, 4.69) is 0 Å². The third kappa shape index (κ3) is 1.78. The van der Waals surface area contributed by atoms with E-state index in [0.717, 1.165) is 18.2 Å². The first-order valence-electron chi connectivity index (χ1n) is 4.49. The lowest BCUT2D eigenvalue weighted by molar-refractivity contribution is 0.510. The summed E-state index contributed by atoms with van der Waals surface area (Å²) in [5.41, 5.74) is -0.393. The maximum Gasteiger partial charge on any atom is 0.166 e. The van der Waals surface area contributed by atoms with Gasteiger partial charge in [0.05, 0.1) is 0 Å². The predicted octanol–water partition coefficient (Wildman–Crippen LogP) is 3.91. The molecule has 0 fully saturated rings. The standard InChI is InChI=1S/C12H6F4/c13-7-4-5-8(11(15)6-7)9-2-1-3-10(14)12(9)16/h1-6H. The van der Waals surface area contributed by atoms with Crippen LogP contribution in [0.3, 0.4) is 0 Å². The lowest BCUT2D eigenvalue weighted by Crippen LogP contribution is -1.92. The minimum absolute atomic E-state index is 0.168. The summed E-state index contributed by atoms with van der Waals surface area (Å²) in [5, 5.41) is 0. The molecule has 0 aliphatic heterocycles. The highest BCUT2D eigenvalue weighted by atomic mass is 19.2. The minimum Gasteiger partial charge on any atom is -0.207 e. The highest BCUT2D eigenvalue weighted by molar-refractivity contribution is 5.64. The van der Waals surface area contributed by atoms with Gasteiger partial charge >= 0.3 is 0 Å². The van der Waals surface area contributed by atoms with E-state index >= 15 is 0 Å². The molecule has 0 aromatic heterocycles. The van der Waals surface area contributed by atoms with Gasteiger partial charge in [-0.3, -0.25) is 0 Å². The molecule has 0 heterocycles. The number of benzene rings is 2. The molecule has 82 valence electrons. The van der Waals surface area contributed by atoms with E-state index in [-0.39, 0.29) is 11.1 Å². The summed E-state index contributed by atoms with van der Waals surface area (Å²) in [4.78, 5) is 0. The fourth-order valence-electron chi connectivity index (χ4n) is 1.42. The van der Waals surface area contributed by atoms with Gasteiger partial charge in [0.2, 0.25) is 0 Å². The van der Waals surface area contributed by atoms with Gasteiger partial charge in [-0.25, -0.2) is 17.6 Å². The van der Waals surface area contributed by atoms with Crippen LogP contribution in [0.1, 0.15) is 0 Å². The van der Waals surface area contributed by atoms with Crippen LogP contribution in [0, 0.1) is 23.3 Å². The van der Waals surface area contributed by atoms with Crippen LogP contribution in [0.2, 0.25) is 0 Å². The van der Waals surface area contributed by atoms with Crippen LogP contribution >= 0.6 is 0 Å². The maximum absolute atomic E-state index is 13.3. The molecule has 0 N–H and O–H groups in total. The van der Waals surface area contributed by atoms with Crippen LogP contribution in [0.4, 0.5) is 17.6 Å². The van der Waals surface area contributed by atoms with Crippen molar-refractivity contribution in [1.82, 2.24) is 0 Å². The van der Waals surface area contributed by atoms with Crippen molar-refractivity contribution in [2.45, 2.75) is 0 Å². The Labute approximate surface area is 89.2 Å². The summed E-state index contributed by atoms with van der Waals surface area (Å²) < 4.78 is 52.2. The Morgan fingerprint density at radius 3 is 2.12 bits per heavy atom. The van der Waals surface area contributed by atoms with Crippen molar-refractivity contribution in [2.24, 2.45) is 0 Å². The average molecular weight is 226 g/mol. The molecule has 0 bridgehead atoms. The van der Waals surface area contributed by atoms with E-state index in [9.17, 15) is 17.6 Å². The molecule has 4 heteroatoms. The molecule has 0 saturated carbocycles. The van der Waals surface area contributed by atoms with Gasteiger partial charge in [-0.05, 0) is 18.2 Å². The first-order chi connectivity index (χ1) is 7.59. The van der Waals surface area contributed by atoms with Crippen LogP contribution in [0.25, 0.3) is 11.1 Å². The van der Waals surface area contributed by atoms with Crippen molar-refractivity contribution in [1.29, 1.82) is 0 Å². The van der Waals surface area contributed by atoms with Crippen LogP contribution in [0.5, 0.6) is 0 Å². The quantitative estimate of drug-likeness (QED) is 0.646. The monoisotopic (exact) mass is 226 g/mol. The second-order valence-corrected chi connectivity index (χ2v) is 3.23. The van der Waals surface area contributed by atoms with Crippen molar-refractivity contribution in [3.05, 3.63) is 59.7 Å². The van der Waals surface area contributed by atoms with Gasteiger partial charge in [0.15, 0.2) is 11.6 Å². The summed E-state index contributed by atoms with van der Waals surface area (Å²) in [6, 6.07) is 6.11. The third-order valence-corrected chi connectivity index (χ3v) is 2.17. The minimum atomic E-state index is -1.15. The number of rotatable bonds is 1. The molecule has 2 aromatic rings. The molecule has 0 saturated heterocycles. The Morgan fingerprint density at radius 1 is 0.688 bits per heavy atom. The zero-order chi connectivity index (χ0) is 11.7. The Hall–Kier alpha value is -1.84. The molecule has 0 aliphatic carbocycles. The van der Waals surface area contributed by atoms with Crippen molar-refractivity contribution in [3.63, 3.8) is 0 Å². The van der Waals surface area contributed by atoms with Gasteiger partial charge in [-0.2, -0.15) is 0 Å². The van der Waals surface area contributed by atoms with Crippen LogP contribution in [-0.2, 0) is 0 Å². The lowest BCUT2D eigenvalue weighted by Gasteiger charge is -2.05.